The molecule has 1 aliphatic rings. The molecule has 1 saturated heterocycles. The molecular weight excluding hydrogens is 188 g/mol. The topological polar surface area (TPSA) is 54.2 Å². The van der Waals surface area contributed by atoms with Gasteiger partial charge in [-0.3, -0.25) is 0 Å². The lowest BCUT2D eigenvalue weighted by molar-refractivity contribution is 0.436. The summed E-state index contributed by atoms with van der Waals surface area (Å²) >= 11 is 0. The SMILES string of the molecule is CC1CCN(c2cccc(NN)n2)CC1. The van der Waals surface area contributed by atoms with E-state index in [2.05, 4.69) is 22.2 Å². The summed E-state index contributed by atoms with van der Waals surface area (Å²) in [7, 11) is 0. The maximum Gasteiger partial charge on any atom is 0.142 e. The molecule has 4 heteroatoms. The van der Waals surface area contributed by atoms with E-state index in [0.717, 1.165) is 30.6 Å². The van der Waals surface area contributed by atoms with Crippen LogP contribution in [0.15, 0.2) is 18.2 Å². The number of aromatic nitrogens is 1. The molecule has 0 amide bonds. The lowest BCUT2D eigenvalue weighted by Gasteiger charge is -2.31. The third-order valence-electron chi connectivity index (χ3n) is 2.99. The Bertz CT molecular complexity index is 318. The maximum atomic E-state index is 5.34. The zero-order valence-corrected chi connectivity index (χ0v) is 9.11. The van der Waals surface area contributed by atoms with Crippen LogP contribution in [-0.2, 0) is 0 Å². The van der Waals surface area contributed by atoms with Crippen LogP contribution < -0.4 is 16.2 Å². The Hall–Kier alpha value is -1.29. The van der Waals surface area contributed by atoms with E-state index in [1.165, 1.54) is 12.8 Å². The minimum absolute atomic E-state index is 0.728. The first-order valence-corrected chi connectivity index (χ1v) is 5.48. The van der Waals surface area contributed by atoms with Gasteiger partial charge in [0.05, 0.1) is 0 Å². The number of anilines is 2. The molecule has 3 N–H and O–H groups in total. The highest BCUT2D eigenvalue weighted by atomic mass is 15.3. The van der Waals surface area contributed by atoms with Crippen molar-refractivity contribution in [1.82, 2.24) is 4.98 Å². The van der Waals surface area contributed by atoms with Gasteiger partial charge >= 0.3 is 0 Å². The Morgan fingerprint density at radius 2 is 2.13 bits per heavy atom. The molecule has 1 aromatic rings. The number of hydrazine groups is 1. The van der Waals surface area contributed by atoms with E-state index in [1.807, 2.05) is 18.2 Å². The number of piperidine rings is 1. The Balaban J connectivity index is 2.08. The second-order valence-electron chi connectivity index (χ2n) is 4.19. The van der Waals surface area contributed by atoms with Gasteiger partial charge in [0.25, 0.3) is 0 Å². The Kier molecular flexibility index (Phi) is 3.06. The monoisotopic (exact) mass is 206 g/mol. The van der Waals surface area contributed by atoms with Crippen LogP contribution in [0.4, 0.5) is 11.6 Å². The Morgan fingerprint density at radius 3 is 2.80 bits per heavy atom. The van der Waals surface area contributed by atoms with Crippen LogP contribution in [0.1, 0.15) is 19.8 Å². The minimum atomic E-state index is 0.728. The lowest BCUT2D eigenvalue weighted by atomic mass is 9.99. The van der Waals surface area contributed by atoms with Gasteiger partial charge in [0.2, 0.25) is 0 Å². The van der Waals surface area contributed by atoms with Crippen molar-refractivity contribution < 1.29 is 0 Å². The van der Waals surface area contributed by atoms with Crippen molar-refractivity contribution in [3.8, 4) is 0 Å². The summed E-state index contributed by atoms with van der Waals surface area (Å²) in [6, 6.07) is 5.89. The van der Waals surface area contributed by atoms with Gasteiger partial charge < -0.3 is 10.3 Å². The molecule has 1 aliphatic heterocycles. The van der Waals surface area contributed by atoms with Gasteiger partial charge in [0.1, 0.15) is 11.6 Å². The molecule has 15 heavy (non-hydrogen) atoms. The van der Waals surface area contributed by atoms with Gasteiger partial charge in [0.15, 0.2) is 0 Å². The number of rotatable bonds is 2. The van der Waals surface area contributed by atoms with Crippen LogP contribution in [0, 0.1) is 5.92 Å². The van der Waals surface area contributed by atoms with Gasteiger partial charge in [-0.15, -0.1) is 0 Å². The molecule has 0 aromatic carbocycles. The molecule has 4 nitrogen and oxygen atoms in total. The second-order valence-corrected chi connectivity index (χ2v) is 4.19. The van der Waals surface area contributed by atoms with E-state index in [1.54, 1.807) is 0 Å². The van der Waals surface area contributed by atoms with E-state index in [9.17, 15) is 0 Å². The van der Waals surface area contributed by atoms with Crippen LogP contribution in [0.3, 0.4) is 0 Å². The predicted octanol–water partition coefficient (Wildman–Crippen LogP) is 1.60. The van der Waals surface area contributed by atoms with Crippen molar-refractivity contribution in [3.63, 3.8) is 0 Å². The van der Waals surface area contributed by atoms with Crippen molar-refractivity contribution in [1.29, 1.82) is 0 Å². The van der Waals surface area contributed by atoms with Gasteiger partial charge in [-0.25, -0.2) is 10.8 Å². The molecule has 1 aromatic heterocycles. The summed E-state index contributed by atoms with van der Waals surface area (Å²) in [5.74, 6) is 7.94. The highest BCUT2D eigenvalue weighted by molar-refractivity contribution is 5.46. The second kappa shape index (κ2) is 4.49. The minimum Gasteiger partial charge on any atom is -0.357 e. The van der Waals surface area contributed by atoms with Crippen LogP contribution >= 0.6 is 0 Å². The van der Waals surface area contributed by atoms with Crippen molar-refractivity contribution in [2.24, 2.45) is 11.8 Å². The van der Waals surface area contributed by atoms with Gasteiger partial charge in [-0.05, 0) is 30.9 Å². The first-order valence-electron chi connectivity index (χ1n) is 5.48. The largest absolute Gasteiger partial charge is 0.357 e. The van der Waals surface area contributed by atoms with Gasteiger partial charge in [0, 0.05) is 13.1 Å². The number of nitrogens with two attached hydrogens (primary N) is 1. The third kappa shape index (κ3) is 2.39. The Labute approximate surface area is 90.5 Å². The average molecular weight is 206 g/mol. The molecular formula is C11H18N4. The summed E-state index contributed by atoms with van der Waals surface area (Å²) in [5, 5.41) is 0. The van der Waals surface area contributed by atoms with Crippen LogP contribution in [0.5, 0.6) is 0 Å². The number of nitrogen functional groups attached to an aromatic ring is 1. The van der Waals surface area contributed by atoms with Crippen molar-refractivity contribution in [2.75, 3.05) is 23.4 Å². The van der Waals surface area contributed by atoms with E-state index >= 15 is 0 Å². The molecule has 0 saturated carbocycles. The summed E-state index contributed by atoms with van der Waals surface area (Å²) in [6.45, 7) is 4.51. The number of nitrogens with zero attached hydrogens (tertiary/aromatic N) is 2. The highest BCUT2D eigenvalue weighted by Gasteiger charge is 2.16. The molecule has 82 valence electrons. The number of nitrogens with one attached hydrogen (secondary N) is 1. The van der Waals surface area contributed by atoms with Crippen LogP contribution in [0.25, 0.3) is 0 Å². The number of pyridine rings is 1. The van der Waals surface area contributed by atoms with Crippen LogP contribution in [-0.4, -0.2) is 18.1 Å². The van der Waals surface area contributed by atoms with E-state index in [0.29, 0.717) is 0 Å². The Morgan fingerprint density at radius 1 is 1.40 bits per heavy atom. The zero-order valence-electron chi connectivity index (χ0n) is 9.11. The fraction of sp³-hybridized carbons (Fsp3) is 0.545. The molecule has 0 aliphatic carbocycles. The number of hydrogen-bond donors (Lipinski definition) is 2. The molecule has 0 spiro atoms. The normalized spacial score (nSPS) is 17.9. The smallest absolute Gasteiger partial charge is 0.142 e. The average Bonchev–Trinajstić information content (AvgIpc) is 2.30. The van der Waals surface area contributed by atoms with Gasteiger partial charge in [-0.2, -0.15) is 0 Å². The van der Waals surface area contributed by atoms with Crippen molar-refractivity contribution in [2.45, 2.75) is 19.8 Å². The lowest BCUT2D eigenvalue weighted by Crippen LogP contribution is -2.33. The summed E-state index contributed by atoms with van der Waals surface area (Å²) < 4.78 is 0. The first-order chi connectivity index (χ1) is 7.29. The summed E-state index contributed by atoms with van der Waals surface area (Å²) in [4.78, 5) is 6.75. The molecule has 0 radical (unpaired) electrons. The molecule has 0 bridgehead atoms. The standard InChI is InChI=1S/C11H18N4/c1-9-5-7-15(8-6-9)11-4-2-3-10(13-11)14-12/h2-4,9H,5-8,12H2,1H3,(H,13,14). The molecule has 2 rings (SSSR count). The molecule has 0 unspecified atom stereocenters. The zero-order chi connectivity index (χ0) is 10.7. The van der Waals surface area contributed by atoms with E-state index in [4.69, 9.17) is 5.84 Å². The van der Waals surface area contributed by atoms with Crippen molar-refractivity contribution >= 4 is 11.6 Å². The maximum absolute atomic E-state index is 5.34. The third-order valence-corrected chi connectivity index (χ3v) is 2.99. The fourth-order valence-electron chi connectivity index (χ4n) is 1.92. The fourth-order valence-corrected chi connectivity index (χ4v) is 1.92. The first kappa shape index (κ1) is 10.2. The molecule has 1 fully saturated rings. The summed E-state index contributed by atoms with van der Waals surface area (Å²) in [5.41, 5.74) is 2.58. The summed E-state index contributed by atoms with van der Waals surface area (Å²) in [6.07, 6.45) is 2.50. The van der Waals surface area contributed by atoms with Crippen molar-refractivity contribution in [3.05, 3.63) is 18.2 Å². The predicted molar refractivity (Wildman–Crippen MR) is 62.7 cm³/mol. The van der Waals surface area contributed by atoms with E-state index < -0.39 is 0 Å². The van der Waals surface area contributed by atoms with Crippen LogP contribution in [0.2, 0.25) is 0 Å². The number of hydrogen-bond acceptors (Lipinski definition) is 4. The molecule has 0 atom stereocenters. The quantitative estimate of drug-likeness (QED) is 0.570. The van der Waals surface area contributed by atoms with Gasteiger partial charge in [-0.1, -0.05) is 13.0 Å². The highest BCUT2D eigenvalue weighted by Crippen LogP contribution is 2.21. The molecule has 2 heterocycles. The van der Waals surface area contributed by atoms with E-state index in [-0.39, 0.29) is 0 Å².